The number of unbranched alkanes of at least 4 members (excludes halogenated alkanes) is 1. The van der Waals surface area contributed by atoms with Gasteiger partial charge in [0.05, 0.1) is 17.7 Å². The van der Waals surface area contributed by atoms with Gasteiger partial charge in [0, 0.05) is 18.0 Å². The Bertz CT molecular complexity index is 1090. The van der Waals surface area contributed by atoms with E-state index in [1.807, 2.05) is 24.3 Å². The predicted molar refractivity (Wildman–Crippen MR) is 114 cm³/mol. The van der Waals surface area contributed by atoms with Crippen molar-refractivity contribution in [3.8, 4) is 0 Å². The Morgan fingerprint density at radius 2 is 1.58 bits per heavy atom. The number of pyridine rings is 1. The first-order valence-electron chi connectivity index (χ1n) is 10.0. The third kappa shape index (κ3) is 6.07. The number of carbonyl (C=O) groups excluding carboxylic acids is 1. The van der Waals surface area contributed by atoms with Gasteiger partial charge in [0.15, 0.2) is 0 Å². The fourth-order valence-corrected chi connectivity index (χ4v) is 3.12. The van der Waals surface area contributed by atoms with Crippen molar-refractivity contribution in [1.29, 1.82) is 0 Å². The summed E-state index contributed by atoms with van der Waals surface area (Å²) in [5.41, 5.74) is 1.54. The van der Waals surface area contributed by atoms with Crippen LogP contribution in [0.4, 0.5) is 18.9 Å². The van der Waals surface area contributed by atoms with Crippen molar-refractivity contribution < 1.29 is 18.0 Å². The molecule has 2 aromatic carbocycles. The minimum atomic E-state index is -4.42. The lowest BCUT2D eigenvalue weighted by atomic mass is 10.1. The minimum absolute atomic E-state index is 0.0597. The number of halogens is 3. The number of amides is 1. The molecule has 0 fully saturated rings. The van der Waals surface area contributed by atoms with Crippen LogP contribution in [0.2, 0.25) is 0 Å². The van der Waals surface area contributed by atoms with Gasteiger partial charge in [-0.15, -0.1) is 0 Å². The van der Waals surface area contributed by atoms with Gasteiger partial charge in [-0.25, -0.2) is 0 Å². The van der Waals surface area contributed by atoms with Crippen molar-refractivity contribution in [2.45, 2.75) is 38.9 Å². The molecule has 3 rings (SSSR count). The highest BCUT2D eigenvalue weighted by molar-refractivity contribution is 6.04. The SMILES string of the molecule is CCCCc1ccc(NC(=O)c2ccc(=O)n(Cc3ccc(C(F)(F)F)cc3)c2)cc1. The van der Waals surface area contributed by atoms with E-state index in [-0.39, 0.29) is 23.6 Å². The molecule has 0 aliphatic carbocycles. The fraction of sp³-hybridized carbons (Fsp3) is 0.250. The van der Waals surface area contributed by atoms with Crippen molar-refractivity contribution in [3.05, 3.63) is 99.5 Å². The van der Waals surface area contributed by atoms with Crippen LogP contribution in [0.25, 0.3) is 0 Å². The lowest BCUT2D eigenvalue weighted by Gasteiger charge is -2.11. The highest BCUT2D eigenvalue weighted by Crippen LogP contribution is 2.29. The molecule has 0 radical (unpaired) electrons. The van der Waals surface area contributed by atoms with Crippen LogP contribution in [-0.4, -0.2) is 10.5 Å². The number of carbonyl (C=O) groups is 1. The first-order valence-corrected chi connectivity index (χ1v) is 10.0. The molecule has 1 N–H and O–H groups in total. The number of rotatable bonds is 7. The number of alkyl halides is 3. The lowest BCUT2D eigenvalue weighted by Crippen LogP contribution is -2.22. The Hall–Kier alpha value is -3.35. The van der Waals surface area contributed by atoms with Gasteiger partial charge >= 0.3 is 6.18 Å². The highest BCUT2D eigenvalue weighted by atomic mass is 19.4. The standard InChI is InChI=1S/C24H23F3N2O2/c1-2-3-4-17-7-12-21(13-8-17)28-23(31)19-9-14-22(30)29(16-19)15-18-5-10-20(11-6-18)24(25,26)27/h5-14,16H,2-4,15H2,1H3,(H,28,31). The van der Waals surface area contributed by atoms with Gasteiger partial charge in [0.1, 0.15) is 0 Å². The van der Waals surface area contributed by atoms with Gasteiger partial charge in [0.2, 0.25) is 0 Å². The number of hydrogen-bond donors (Lipinski definition) is 1. The first-order chi connectivity index (χ1) is 14.8. The highest BCUT2D eigenvalue weighted by Gasteiger charge is 2.29. The van der Waals surface area contributed by atoms with Crippen molar-refractivity contribution in [3.63, 3.8) is 0 Å². The van der Waals surface area contributed by atoms with Crippen molar-refractivity contribution >= 4 is 11.6 Å². The number of benzene rings is 2. The summed E-state index contributed by atoms with van der Waals surface area (Å²) in [5, 5.41) is 2.80. The molecule has 0 unspecified atom stereocenters. The second-order valence-corrected chi connectivity index (χ2v) is 7.33. The number of aromatic nitrogens is 1. The summed E-state index contributed by atoms with van der Waals surface area (Å²) in [6.45, 7) is 2.19. The maximum Gasteiger partial charge on any atom is 0.416 e. The van der Waals surface area contributed by atoms with Gasteiger partial charge in [0.25, 0.3) is 11.5 Å². The molecule has 0 atom stereocenters. The van der Waals surface area contributed by atoms with Gasteiger partial charge in [-0.1, -0.05) is 37.6 Å². The zero-order valence-corrected chi connectivity index (χ0v) is 17.1. The van der Waals surface area contributed by atoms with E-state index in [2.05, 4.69) is 12.2 Å². The van der Waals surface area contributed by atoms with Crippen LogP contribution in [0.5, 0.6) is 0 Å². The summed E-state index contributed by atoms with van der Waals surface area (Å²) in [6.07, 6.45) is 0.193. The summed E-state index contributed by atoms with van der Waals surface area (Å²) in [4.78, 5) is 24.7. The Kier molecular flexibility index (Phi) is 6.95. The van der Waals surface area contributed by atoms with E-state index in [4.69, 9.17) is 0 Å². The maximum atomic E-state index is 12.7. The predicted octanol–water partition coefficient (Wildman–Crippen LogP) is 5.51. The van der Waals surface area contributed by atoms with Crippen LogP contribution in [0.3, 0.4) is 0 Å². The molecule has 7 heteroatoms. The molecule has 1 aromatic heterocycles. The van der Waals surface area contributed by atoms with Crippen LogP contribution >= 0.6 is 0 Å². The van der Waals surface area contributed by atoms with Crippen molar-refractivity contribution in [2.24, 2.45) is 0 Å². The van der Waals surface area contributed by atoms with E-state index >= 15 is 0 Å². The molecule has 1 amide bonds. The van der Waals surface area contributed by atoms with Crippen LogP contribution in [0.15, 0.2) is 71.7 Å². The monoisotopic (exact) mass is 428 g/mol. The number of hydrogen-bond acceptors (Lipinski definition) is 2. The van der Waals surface area contributed by atoms with Gasteiger partial charge in [-0.3, -0.25) is 9.59 Å². The van der Waals surface area contributed by atoms with Gasteiger partial charge < -0.3 is 9.88 Å². The van der Waals surface area contributed by atoms with Crippen molar-refractivity contribution in [1.82, 2.24) is 4.57 Å². The molecule has 0 spiro atoms. The molecule has 0 aliphatic heterocycles. The van der Waals surface area contributed by atoms with Gasteiger partial charge in [-0.2, -0.15) is 13.2 Å². The summed E-state index contributed by atoms with van der Waals surface area (Å²) in [7, 11) is 0. The first kappa shape index (κ1) is 22.3. The van der Waals surface area contributed by atoms with E-state index in [0.717, 1.165) is 31.4 Å². The zero-order chi connectivity index (χ0) is 22.4. The van der Waals surface area contributed by atoms with Crippen LogP contribution in [0, 0.1) is 0 Å². The number of nitrogens with zero attached hydrogens (tertiary/aromatic N) is 1. The quantitative estimate of drug-likeness (QED) is 0.540. The Balaban J connectivity index is 1.71. The summed E-state index contributed by atoms with van der Waals surface area (Å²) >= 11 is 0. The molecule has 1 heterocycles. The third-order valence-corrected chi connectivity index (χ3v) is 4.91. The smallest absolute Gasteiger partial charge is 0.322 e. The van der Waals surface area contributed by atoms with E-state index < -0.39 is 11.7 Å². The van der Waals surface area contributed by atoms with E-state index in [1.165, 1.54) is 40.6 Å². The molecule has 162 valence electrons. The lowest BCUT2D eigenvalue weighted by molar-refractivity contribution is -0.137. The van der Waals surface area contributed by atoms with E-state index in [9.17, 15) is 22.8 Å². The second kappa shape index (κ2) is 9.64. The fourth-order valence-electron chi connectivity index (χ4n) is 3.12. The average molecular weight is 428 g/mol. The Labute approximate surface area is 178 Å². The molecule has 0 aliphatic rings. The summed E-state index contributed by atoms with van der Waals surface area (Å²) < 4.78 is 39.4. The van der Waals surface area contributed by atoms with Crippen LogP contribution in [-0.2, 0) is 19.1 Å². The van der Waals surface area contributed by atoms with Crippen LogP contribution in [0.1, 0.15) is 46.8 Å². The maximum absolute atomic E-state index is 12.7. The topological polar surface area (TPSA) is 51.1 Å². The van der Waals surface area contributed by atoms with Gasteiger partial charge in [-0.05, 0) is 54.3 Å². The van der Waals surface area contributed by atoms with E-state index in [1.54, 1.807) is 0 Å². The molecule has 0 bridgehead atoms. The molecule has 3 aromatic rings. The molecule has 0 saturated carbocycles. The van der Waals surface area contributed by atoms with Crippen LogP contribution < -0.4 is 10.9 Å². The Morgan fingerprint density at radius 3 is 2.19 bits per heavy atom. The molecule has 0 saturated heterocycles. The van der Waals surface area contributed by atoms with E-state index in [0.29, 0.717) is 11.3 Å². The summed E-state index contributed by atoms with van der Waals surface area (Å²) in [6, 6.07) is 14.9. The largest absolute Gasteiger partial charge is 0.416 e. The van der Waals surface area contributed by atoms with Crippen molar-refractivity contribution in [2.75, 3.05) is 5.32 Å². The zero-order valence-electron chi connectivity index (χ0n) is 17.1. The summed E-state index contributed by atoms with van der Waals surface area (Å²) in [5.74, 6) is -0.373. The third-order valence-electron chi connectivity index (χ3n) is 4.91. The molecular weight excluding hydrogens is 405 g/mol. The second-order valence-electron chi connectivity index (χ2n) is 7.33. The number of anilines is 1. The Morgan fingerprint density at radius 1 is 0.935 bits per heavy atom. The normalized spacial score (nSPS) is 11.4. The molecule has 31 heavy (non-hydrogen) atoms. The number of aryl methyl sites for hydroxylation is 1. The average Bonchev–Trinajstić information content (AvgIpc) is 2.74. The number of nitrogens with one attached hydrogen (secondary N) is 1. The molecular formula is C24H23F3N2O2. The molecule has 4 nitrogen and oxygen atoms in total. The minimum Gasteiger partial charge on any atom is -0.322 e.